The van der Waals surface area contributed by atoms with Crippen molar-refractivity contribution in [3.05, 3.63) is 29.1 Å². The molecule has 0 aromatic carbocycles. The van der Waals surface area contributed by atoms with Crippen LogP contribution in [0.4, 0.5) is 0 Å². The summed E-state index contributed by atoms with van der Waals surface area (Å²) in [5.74, 6) is -1.53. The first kappa shape index (κ1) is 17.1. The van der Waals surface area contributed by atoms with Crippen molar-refractivity contribution in [2.75, 3.05) is 19.3 Å². The smallest absolute Gasteiger partial charge is 0.337 e. The van der Waals surface area contributed by atoms with Crippen LogP contribution in [0, 0.1) is 6.92 Å². The van der Waals surface area contributed by atoms with Gasteiger partial charge in [0.1, 0.15) is 5.69 Å². The zero-order valence-electron chi connectivity index (χ0n) is 11.7. The molecule has 3 N–H and O–H groups in total. The van der Waals surface area contributed by atoms with Crippen LogP contribution in [0.25, 0.3) is 0 Å². The molecule has 0 unspecified atom stereocenters. The van der Waals surface area contributed by atoms with Crippen molar-refractivity contribution >= 4 is 21.9 Å². The van der Waals surface area contributed by atoms with Crippen LogP contribution in [0.3, 0.4) is 0 Å². The summed E-state index contributed by atoms with van der Waals surface area (Å²) in [7, 11) is -3.23. The molecule has 0 aliphatic heterocycles. The number of sulfonamides is 1. The summed E-state index contributed by atoms with van der Waals surface area (Å²) in [5.41, 5.74) is 0.423. The van der Waals surface area contributed by atoms with E-state index in [1.54, 1.807) is 0 Å². The van der Waals surface area contributed by atoms with E-state index in [1.807, 2.05) is 0 Å². The Balaban J connectivity index is 2.49. The number of carbonyl (C=O) groups excluding carboxylic acids is 1. The van der Waals surface area contributed by atoms with Crippen molar-refractivity contribution in [3.8, 4) is 0 Å². The lowest BCUT2D eigenvalue weighted by atomic mass is 10.2. The third-order valence-electron chi connectivity index (χ3n) is 2.55. The van der Waals surface area contributed by atoms with Crippen LogP contribution in [0.1, 0.15) is 33.0 Å². The molecule has 0 fully saturated rings. The highest BCUT2D eigenvalue weighted by atomic mass is 32.2. The SMILES string of the molecule is Cc1nc(C(=O)NCCCNS(C)(=O)=O)ccc1C(=O)O. The van der Waals surface area contributed by atoms with Gasteiger partial charge >= 0.3 is 5.97 Å². The third kappa shape index (κ3) is 5.88. The fourth-order valence-corrected chi connectivity index (χ4v) is 2.07. The lowest BCUT2D eigenvalue weighted by molar-refractivity contribution is 0.0694. The van der Waals surface area contributed by atoms with E-state index in [2.05, 4.69) is 15.0 Å². The van der Waals surface area contributed by atoms with Crippen LogP contribution in [0.15, 0.2) is 12.1 Å². The number of nitrogens with one attached hydrogen (secondary N) is 2. The Bertz CT molecular complexity index is 642. The minimum atomic E-state index is -3.23. The van der Waals surface area contributed by atoms with Crippen LogP contribution >= 0.6 is 0 Å². The molecule has 0 atom stereocenters. The highest BCUT2D eigenvalue weighted by Crippen LogP contribution is 2.06. The van der Waals surface area contributed by atoms with Crippen LogP contribution in [0.2, 0.25) is 0 Å². The standard InChI is InChI=1S/C12H17N3O5S/c1-8-9(12(17)18)4-5-10(15-8)11(16)13-6-3-7-14-21(2,19)20/h4-5,14H,3,6-7H2,1-2H3,(H,13,16)(H,17,18). The molecule has 8 nitrogen and oxygen atoms in total. The van der Waals surface area contributed by atoms with Gasteiger partial charge in [-0.15, -0.1) is 0 Å². The van der Waals surface area contributed by atoms with E-state index < -0.39 is 21.9 Å². The summed E-state index contributed by atoms with van der Waals surface area (Å²) in [6.07, 6.45) is 1.49. The molecule has 0 aliphatic rings. The van der Waals surface area contributed by atoms with Gasteiger partial charge in [0.05, 0.1) is 17.5 Å². The van der Waals surface area contributed by atoms with E-state index >= 15 is 0 Å². The van der Waals surface area contributed by atoms with Gasteiger partial charge < -0.3 is 10.4 Å². The number of hydrogen-bond donors (Lipinski definition) is 3. The summed E-state index contributed by atoms with van der Waals surface area (Å²) in [4.78, 5) is 26.5. The molecule has 21 heavy (non-hydrogen) atoms. The molecule has 9 heteroatoms. The predicted octanol–water partition coefficient (Wildman–Crippen LogP) is -0.243. The Morgan fingerprint density at radius 2 is 1.95 bits per heavy atom. The summed E-state index contributed by atoms with van der Waals surface area (Å²) in [5, 5.41) is 11.4. The zero-order valence-corrected chi connectivity index (χ0v) is 12.5. The van der Waals surface area contributed by atoms with Gasteiger partial charge in [-0.1, -0.05) is 0 Å². The first-order valence-electron chi connectivity index (χ1n) is 6.14. The van der Waals surface area contributed by atoms with Gasteiger partial charge in [0.25, 0.3) is 5.91 Å². The van der Waals surface area contributed by atoms with Crippen molar-refractivity contribution in [2.45, 2.75) is 13.3 Å². The Kier molecular flexibility index (Phi) is 5.79. The van der Waals surface area contributed by atoms with Crippen LogP contribution < -0.4 is 10.0 Å². The average molecular weight is 315 g/mol. The van der Waals surface area contributed by atoms with E-state index in [1.165, 1.54) is 19.1 Å². The van der Waals surface area contributed by atoms with Gasteiger partial charge in [0.15, 0.2) is 0 Å². The summed E-state index contributed by atoms with van der Waals surface area (Å²) in [6, 6.07) is 2.66. The van der Waals surface area contributed by atoms with Crippen LogP contribution in [0.5, 0.6) is 0 Å². The Morgan fingerprint density at radius 1 is 1.29 bits per heavy atom. The number of carbonyl (C=O) groups is 2. The molecule has 0 radical (unpaired) electrons. The first-order valence-corrected chi connectivity index (χ1v) is 8.03. The number of aryl methyl sites for hydroxylation is 1. The van der Waals surface area contributed by atoms with E-state index in [0.717, 1.165) is 6.26 Å². The van der Waals surface area contributed by atoms with Gasteiger partial charge in [-0.2, -0.15) is 0 Å². The number of aromatic nitrogens is 1. The maximum absolute atomic E-state index is 11.8. The number of pyridine rings is 1. The van der Waals surface area contributed by atoms with Crippen molar-refractivity contribution in [1.29, 1.82) is 0 Å². The number of aromatic carboxylic acids is 1. The third-order valence-corrected chi connectivity index (χ3v) is 3.28. The second-order valence-corrected chi connectivity index (χ2v) is 6.24. The lowest BCUT2D eigenvalue weighted by Gasteiger charge is -2.07. The van der Waals surface area contributed by atoms with Gasteiger partial charge in [-0.3, -0.25) is 4.79 Å². The molecule has 0 saturated heterocycles. The Morgan fingerprint density at radius 3 is 2.48 bits per heavy atom. The lowest BCUT2D eigenvalue weighted by Crippen LogP contribution is -2.30. The van der Waals surface area contributed by atoms with E-state index in [-0.39, 0.29) is 30.0 Å². The van der Waals surface area contributed by atoms with Gasteiger partial charge in [0.2, 0.25) is 10.0 Å². The minimum absolute atomic E-state index is 0.0453. The molecule has 1 rings (SSSR count). The van der Waals surface area contributed by atoms with E-state index in [9.17, 15) is 18.0 Å². The molecule has 1 aromatic heterocycles. The summed E-state index contributed by atoms with van der Waals surface area (Å²) in [6.45, 7) is 2.02. The topological polar surface area (TPSA) is 125 Å². The minimum Gasteiger partial charge on any atom is -0.478 e. The highest BCUT2D eigenvalue weighted by Gasteiger charge is 2.12. The number of rotatable bonds is 7. The fraction of sp³-hybridized carbons (Fsp3) is 0.417. The molecular formula is C12H17N3O5S. The van der Waals surface area contributed by atoms with E-state index in [4.69, 9.17) is 5.11 Å². The monoisotopic (exact) mass is 315 g/mol. The van der Waals surface area contributed by atoms with Gasteiger partial charge in [-0.25, -0.2) is 22.9 Å². The van der Waals surface area contributed by atoms with Crippen molar-refractivity contribution in [1.82, 2.24) is 15.0 Å². The Labute approximate surface area is 122 Å². The molecular weight excluding hydrogens is 298 g/mol. The molecule has 116 valence electrons. The van der Waals surface area contributed by atoms with E-state index in [0.29, 0.717) is 6.42 Å². The quantitative estimate of drug-likeness (QED) is 0.596. The molecule has 1 amide bonds. The molecule has 0 spiro atoms. The Hall–Kier alpha value is -2.00. The van der Waals surface area contributed by atoms with Crippen molar-refractivity contribution in [3.63, 3.8) is 0 Å². The number of amides is 1. The molecule has 1 heterocycles. The predicted molar refractivity (Wildman–Crippen MR) is 75.7 cm³/mol. The maximum Gasteiger partial charge on any atom is 0.337 e. The summed E-state index contributed by atoms with van der Waals surface area (Å²) < 4.78 is 23.9. The van der Waals surface area contributed by atoms with Gasteiger partial charge in [-0.05, 0) is 25.5 Å². The fourth-order valence-electron chi connectivity index (χ4n) is 1.55. The van der Waals surface area contributed by atoms with Crippen molar-refractivity contribution < 1.29 is 23.1 Å². The number of carboxylic acids is 1. The van der Waals surface area contributed by atoms with Crippen molar-refractivity contribution in [2.24, 2.45) is 0 Å². The van der Waals surface area contributed by atoms with Gasteiger partial charge in [0, 0.05) is 13.1 Å². The maximum atomic E-state index is 11.8. The largest absolute Gasteiger partial charge is 0.478 e. The number of hydrogen-bond acceptors (Lipinski definition) is 5. The average Bonchev–Trinajstić information content (AvgIpc) is 2.36. The van der Waals surface area contributed by atoms with Crippen LogP contribution in [-0.4, -0.2) is 49.7 Å². The second kappa shape index (κ2) is 7.14. The summed E-state index contributed by atoms with van der Waals surface area (Å²) >= 11 is 0. The normalized spacial score (nSPS) is 11.1. The highest BCUT2D eigenvalue weighted by molar-refractivity contribution is 7.88. The molecule has 1 aromatic rings. The molecule has 0 bridgehead atoms. The number of nitrogens with zero attached hydrogens (tertiary/aromatic N) is 1. The first-order chi connectivity index (χ1) is 9.70. The van der Waals surface area contributed by atoms with Crippen LogP contribution in [-0.2, 0) is 10.0 Å². The second-order valence-electron chi connectivity index (χ2n) is 4.41. The molecule has 0 aliphatic carbocycles. The molecule has 0 saturated carbocycles. The zero-order chi connectivity index (χ0) is 16.0. The number of carboxylic acid groups (broad SMARTS) is 1.